The number of hydrogen-bond donors (Lipinski definition) is 0. The van der Waals surface area contributed by atoms with Crippen LogP contribution in [0.5, 0.6) is 0 Å². The molecule has 9 rings (SSSR count). The van der Waals surface area contributed by atoms with Crippen molar-refractivity contribution in [2.24, 2.45) is 0 Å². The van der Waals surface area contributed by atoms with E-state index in [0.29, 0.717) is 0 Å². The normalized spacial score (nSPS) is 11.7. The van der Waals surface area contributed by atoms with Crippen LogP contribution in [0.2, 0.25) is 0 Å². The van der Waals surface area contributed by atoms with E-state index >= 15 is 0 Å². The molecule has 0 fully saturated rings. The molecule has 3 aromatic heterocycles. The van der Waals surface area contributed by atoms with E-state index in [2.05, 4.69) is 137 Å². The van der Waals surface area contributed by atoms with Crippen LogP contribution in [0, 0.1) is 0 Å². The number of fused-ring (bicyclic) bond motifs is 8. The van der Waals surface area contributed by atoms with Crippen molar-refractivity contribution in [1.29, 1.82) is 0 Å². The molecule has 0 atom stereocenters. The van der Waals surface area contributed by atoms with Gasteiger partial charge in [-0.15, -0.1) is 11.3 Å². The number of furan rings is 1. The summed E-state index contributed by atoms with van der Waals surface area (Å²) < 4.78 is 8.79. The number of anilines is 3. The molecule has 6 aromatic carbocycles. The first-order chi connectivity index (χ1) is 21.3. The van der Waals surface area contributed by atoms with Crippen LogP contribution in [-0.4, -0.2) is 4.98 Å². The summed E-state index contributed by atoms with van der Waals surface area (Å²) in [6.45, 7) is 0. The molecule has 9 aromatic rings. The summed E-state index contributed by atoms with van der Waals surface area (Å²) in [5.41, 5.74) is 7.49. The number of benzene rings is 6. The van der Waals surface area contributed by atoms with Gasteiger partial charge >= 0.3 is 0 Å². The van der Waals surface area contributed by atoms with Gasteiger partial charge < -0.3 is 9.32 Å². The summed E-state index contributed by atoms with van der Waals surface area (Å²) in [4.78, 5) is 6.81. The van der Waals surface area contributed by atoms with Crippen molar-refractivity contribution in [3.8, 4) is 11.1 Å². The molecule has 0 saturated carbocycles. The van der Waals surface area contributed by atoms with Crippen molar-refractivity contribution in [3.63, 3.8) is 0 Å². The maximum atomic E-state index is 6.22. The highest BCUT2D eigenvalue weighted by molar-refractivity contribution is 7.26. The van der Waals surface area contributed by atoms with Crippen molar-refractivity contribution in [1.82, 2.24) is 4.98 Å². The van der Waals surface area contributed by atoms with E-state index in [4.69, 9.17) is 4.42 Å². The lowest BCUT2D eigenvalue weighted by Gasteiger charge is -2.26. The summed E-state index contributed by atoms with van der Waals surface area (Å²) in [5, 5.41) is 7.02. The lowest BCUT2D eigenvalue weighted by Crippen LogP contribution is -2.10. The van der Waals surface area contributed by atoms with E-state index in [1.54, 1.807) is 6.20 Å². The van der Waals surface area contributed by atoms with Crippen molar-refractivity contribution in [3.05, 3.63) is 146 Å². The molecule has 43 heavy (non-hydrogen) atoms. The quantitative estimate of drug-likeness (QED) is 0.211. The molecule has 0 aliphatic rings. The molecule has 0 N–H and O–H groups in total. The van der Waals surface area contributed by atoms with Crippen LogP contribution in [0.15, 0.2) is 150 Å². The average molecular weight is 569 g/mol. The van der Waals surface area contributed by atoms with E-state index < -0.39 is 0 Å². The molecule has 0 aliphatic heterocycles. The lowest BCUT2D eigenvalue weighted by molar-refractivity contribution is 0.668. The fourth-order valence-corrected chi connectivity index (χ4v) is 7.54. The highest BCUT2D eigenvalue weighted by Gasteiger charge is 2.19. The molecule has 4 heteroatoms. The Morgan fingerprint density at radius 1 is 0.558 bits per heavy atom. The second kappa shape index (κ2) is 9.55. The molecule has 202 valence electrons. The smallest absolute Gasteiger partial charge is 0.138 e. The van der Waals surface area contributed by atoms with Gasteiger partial charge in [-0.25, -0.2) is 0 Å². The highest BCUT2D eigenvalue weighted by atomic mass is 32.1. The van der Waals surface area contributed by atoms with Crippen LogP contribution >= 0.6 is 11.3 Å². The number of pyridine rings is 1. The van der Waals surface area contributed by atoms with Gasteiger partial charge in [0.05, 0.1) is 10.4 Å². The average Bonchev–Trinajstić information content (AvgIpc) is 3.65. The maximum Gasteiger partial charge on any atom is 0.138 e. The van der Waals surface area contributed by atoms with E-state index in [1.165, 1.54) is 36.7 Å². The van der Waals surface area contributed by atoms with Crippen LogP contribution in [0.4, 0.5) is 17.1 Å². The first kappa shape index (κ1) is 24.2. The van der Waals surface area contributed by atoms with Crippen LogP contribution in [-0.2, 0) is 0 Å². The monoisotopic (exact) mass is 568 g/mol. The molecular weight excluding hydrogens is 545 g/mol. The molecule has 3 heterocycles. The van der Waals surface area contributed by atoms with Crippen molar-refractivity contribution >= 4 is 81.3 Å². The summed E-state index contributed by atoms with van der Waals surface area (Å²) in [5.74, 6) is 0. The number of rotatable bonds is 4. The van der Waals surface area contributed by atoms with Gasteiger partial charge in [-0.3, -0.25) is 4.98 Å². The van der Waals surface area contributed by atoms with Crippen LogP contribution in [0.1, 0.15) is 0 Å². The first-order valence-corrected chi connectivity index (χ1v) is 15.2. The molecular formula is C39H24N2OS. The number of hydrogen-bond acceptors (Lipinski definition) is 4. The van der Waals surface area contributed by atoms with Crippen molar-refractivity contribution in [2.45, 2.75) is 0 Å². The molecule has 0 amide bonds. The van der Waals surface area contributed by atoms with Crippen LogP contribution in [0.3, 0.4) is 0 Å². The van der Waals surface area contributed by atoms with Gasteiger partial charge in [0.1, 0.15) is 11.2 Å². The van der Waals surface area contributed by atoms with Gasteiger partial charge in [-0.2, -0.15) is 0 Å². The summed E-state index contributed by atoms with van der Waals surface area (Å²) >= 11 is 1.85. The van der Waals surface area contributed by atoms with Crippen LogP contribution in [0.25, 0.3) is 64.0 Å². The Morgan fingerprint density at radius 3 is 2.23 bits per heavy atom. The van der Waals surface area contributed by atoms with Gasteiger partial charge in [0.2, 0.25) is 0 Å². The number of nitrogens with zero attached hydrogens (tertiary/aromatic N) is 2. The molecule has 3 nitrogen and oxygen atoms in total. The van der Waals surface area contributed by atoms with E-state index in [-0.39, 0.29) is 0 Å². The summed E-state index contributed by atoms with van der Waals surface area (Å²) in [7, 11) is 0. The third-order valence-electron chi connectivity index (χ3n) is 8.35. The van der Waals surface area contributed by atoms with E-state index in [9.17, 15) is 0 Å². The second-order valence-electron chi connectivity index (χ2n) is 10.8. The second-order valence-corrected chi connectivity index (χ2v) is 11.9. The number of thiophene rings is 1. The third-order valence-corrected chi connectivity index (χ3v) is 9.56. The van der Waals surface area contributed by atoms with Crippen molar-refractivity contribution < 1.29 is 4.42 Å². The Morgan fingerprint density at radius 2 is 1.33 bits per heavy atom. The van der Waals surface area contributed by atoms with Crippen molar-refractivity contribution in [2.75, 3.05) is 4.90 Å². The largest absolute Gasteiger partial charge is 0.456 e. The Labute approximate surface area is 251 Å². The van der Waals surface area contributed by atoms with Crippen LogP contribution < -0.4 is 4.90 Å². The standard InChI is InChI=1S/C39H24N2OS/c1-2-7-25(8-3-1)26-13-17-28(18-14-26)41(34-11-6-10-31-30-9-4-5-12-37(30)43-39(31)34)29-19-15-27-16-20-36-38(32(27)23-29)33-24-40-22-21-35(33)42-36/h1-24H. The maximum absolute atomic E-state index is 6.22. The molecule has 0 unspecified atom stereocenters. The fourth-order valence-electron chi connectivity index (χ4n) is 6.34. The molecule has 0 bridgehead atoms. The summed E-state index contributed by atoms with van der Waals surface area (Å²) in [6.07, 6.45) is 3.69. The minimum Gasteiger partial charge on any atom is -0.456 e. The van der Waals surface area contributed by atoms with Gasteiger partial charge in [0.25, 0.3) is 0 Å². The molecule has 0 saturated heterocycles. The predicted molar refractivity (Wildman–Crippen MR) is 182 cm³/mol. The zero-order valence-electron chi connectivity index (χ0n) is 23.1. The summed E-state index contributed by atoms with van der Waals surface area (Å²) in [6, 6.07) is 47.7. The van der Waals surface area contributed by atoms with Gasteiger partial charge in [-0.05, 0) is 70.4 Å². The predicted octanol–water partition coefficient (Wildman–Crippen LogP) is 11.6. The Kier molecular flexibility index (Phi) is 5.37. The zero-order valence-corrected chi connectivity index (χ0v) is 23.9. The Bertz CT molecular complexity index is 2460. The third kappa shape index (κ3) is 3.84. The Hall–Kier alpha value is -5.45. The van der Waals surface area contributed by atoms with Gasteiger partial charge in [-0.1, -0.05) is 84.9 Å². The van der Waals surface area contributed by atoms with Gasteiger partial charge in [0, 0.05) is 50.0 Å². The molecule has 0 aliphatic carbocycles. The zero-order chi connectivity index (χ0) is 28.3. The minimum atomic E-state index is 0.853. The SMILES string of the molecule is c1ccc(-c2ccc(N(c3ccc4ccc5oc6ccncc6c5c4c3)c3cccc4c3sc3ccccc34)cc2)cc1. The van der Waals surface area contributed by atoms with E-state index in [1.807, 2.05) is 23.6 Å². The van der Waals surface area contributed by atoms with Gasteiger partial charge in [0.15, 0.2) is 0 Å². The molecule has 0 spiro atoms. The minimum absolute atomic E-state index is 0.853. The lowest BCUT2D eigenvalue weighted by atomic mass is 10.0. The number of aromatic nitrogens is 1. The first-order valence-electron chi connectivity index (χ1n) is 14.4. The van der Waals surface area contributed by atoms with E-state index in [0.717, 1.165) is 44.4 Å². The topological polar surface area (TPSA) is 29.3 Å². The Balaban J connectivity index is 1.31. The highest BCUT2D eigenvalue weighted by Crippen LogP contribution is 2.46. The molecule has 0 radical (unpaired) electrons. The fraction of sp³-hybridized carbons (Fsp3) is 0.